The molecule has 1 amide bonds. The maximum atomic E-state index is 11.7. The third-order valence-corrected chi connectivity index (χ3v) is 3.24. The Balaban J connectivity index is 2.55. The first-order chi connectivity index (χ1) is 7.16. The zero-order valence-electron chi connectivity index (χ0n) is 8.94. The van der Waals surface area contributed by atoms with Crippen LogP contribution in [0.1, 0.15) is 25.7 Å². The van der Waals surface area contributed by atoms with E-state index in [0.29, 0.717) is 19.4 Å². The number of carbonyl (C=O) groups excluding carboxylic acids is 1. The molecular formula is C10H17NO3S. The van der Waals surface area contributed by atoms with Gasteiger partial charge < -0.3 is 10.0 Å². The highest BCUT2D eigenvalue weighted by molar-refractivity contribution is 7.98. The van der Waals surface area contributed by atoms with Crippen LogP contribution in [0.5, 0.6) is 0 Å². The van der Waals surface area contributed by atoms with Crippen LogP contribution >= 0.6 is 11.8 Å². The number of carboxylic acid groups (broad SMARTS) is 1. The fraction of sp³-hybridized carbons (Fsp3) is 0.800. The number of carboxylic acids is 1. The summed E-state index contributed by atoms with van der Waals surface area (Å²) in [6, 6.07) is -0.590. The van der Waals surface area contributed by atoms with Gasteiger partial charge in [-0.1, -0.05) is 0 Å². The molecule has 0 saturated carbocycles. The average molecular weight is 231 g/mol. The van der Waals surface area contributed by atoms with Crippen molar-refractivity contribution in [1.29, 1.82) is 0 Å². The number of carbonyl (C=O) groups is 2. The monoisotopic (exact) mass is 231 g/mol. The second kappa shape index (κ2) is 6.00. The molecule has 5 heteroatoms. The highest BCUT2D eigenvalue weighted by atomic mass is 32.2. The molecule has 1 N–H and O–H groups in total. The van der Waals surface area contributed by atoms with Gasteiger partial charge in [0.05, 0.1) is 0 Å². The molecular weight excluding hydrogens is 214 g/mol. The molecule has 1 aliphatic rings. The van der Waals surface area contributed by atoms with Crippen LogP contribution in [-0.2, 0) is 9.59 Å². The zero-order chi connectivity index (χ0) is 11.3. The van der Waals surface area contributed by atoms with Crippen molar-refractivity contribution in [1.82, 2.24) is 4.90 Å². The van der Waals surface area contributed by atoms with Crippen molar-refractivity contribution in [2.75, 3.05) is 18.6 Å². The van der Waals surface area contributed by atoms with Crippen LogP contribution in [0.3, 0.4) is 0 Å². The second-order valence-corrected chi connectivity index (χ2v) is 4.67. The van der Waals surface area contributed by atoms with Crippen molar-refractivity contribution < 1.29 is 14.7 Å². The molecule has 1 atom stereocenters. The third-order valence-electron chi connectivity index (χ3n) is 2.63. The maximum Gasteiger partial charge on any atom is 0.326 e. The summed E-state index contributed by atoms with van der Waals surface area (Å²) < 4.78 is 0. The predicted octanol–water partition coefficient (Wildman–Crippen LogP) is 1.21. The molecule has 0 bridgehead atoms. The Morgan fingerprint density at radius 3 is 2.80 bits per heavy atom. The van der Waals surface area contributed by atoms with Crippen molar-refractivity contribution in [3.63, 3.8) is 0 Å². The summed E-state index contributed by atoms with van der Waals surface area (Å²) in [6.07, 6.45) is 4.82. The molecule has 1 heterocycles. The second-order valence-electron chi connectivity index (χ2n) is 3.68. The average Bonchev–Trinajstić information content (AvgIpc) is 2.25. The van der Waals surface area contributed by atoms with Crippen molar-refractivity contribution in [2.45, 2.75) is 31.7 Å². The first-order valence-electron chi connectivity index (χ1n) is 5.18. The number of hydrogen-bond acceptors (Lipinski definition) is 3. The molecule has 0 aromatic heterocycles. The quantitative estimate of drug-likeness (QED) is 0.790. The van der Waals surface area contributed by atoms with Crippen molar-refractivity contribution in [3.05, 3.63) is 0 Å². The van der Waals surface area contributed by atoms with Gasteiger partial charge in [-0.05, 0) is 25.5 Å². The number of likely N-dealkylation sites (tertiary alicyclic amines) is 1. The first-order valence-corrected chi connectivity index (χ1v) is 6.57. The fourth-order valence-corrected chi connectivity index (χ4v) is 2.20. The Morgan fingerprint density at radius 1 is 1.47 bits per heavy atom. The lowest BCUT2D eigenvalue weighted by atomic mass is 10.0. The first kappa shape index (κ1) is 12.4. The van der Waals surface area contributed by atoms with Gasteiger partial charge in [0.2, 0.25) is 5.91 Å². The highest BCUT2D eigenvalue weighted by Gasteiger charge is 2.31. The molecule has 1 fully saturated rings. The van der Waals surface area contributed by atoms with E-state index in [1.54, 1.807) is 11.8 Å². The van der Waals surface area contributed by atoms with Gasteiger partial charge >= 0.3 is 5.97 Å². The van der Waals surface area contributed by atoms with Gasteiger partial charge in [-0.3, -0.25) is 4.79 Å². The zero-order valence-corrected chi connectivity index (χ0v) is 9.76. The Labute approximate surface area is 94.0 Å². The summed E-state index contributed by atoms with van der Waals surface area (Å²) in [4.78, 5) is 24.2. The number of rotatable bonds is 4. The number of thioether (sulfide) groups is 1. The summed E-state index contributed by atoms with van der Waals surface area (Å²) in [7, 11) is 0. The number of piperidine rings is 1. The van der Waals surface area contributed by atoms with Gasteiger partial charge in [-0.15, -0.1) is 0 Å². The lowest BCUT2D eigenvalue weighted by Gasteiger charge is -2.32. The number of nitrogens with zero attached hydrogens (tertiary/aromatic N) is 1. The molecule has 1 saturated heterocycles. The van der Waals surface area contributed by atoms with E-state index in [9.17, 15) is 9.59 Å². The van der Waals surface area contributed by atoms with Gasteiger partial charge in [0, 0.05) is 18.7 Å². The number of aliphatic carboxylic acids is 1. The molecule has 0 aliphatic carbocycles. The number of amides is 1. The van der Waals surface area contributed by atoms with Gasteiger partial charge in [0.15, 0.2) is 0 Å². The molecule has 15 heavy (non-hydrogen) atoms. The van der Waals surface area contributed by atoms with E-state index in [-0.39, 0.29) is 5.91 Å². The topological polar surface area (TPSA) is 57.6 Å². The summed E-state index contributed by atoms with van der Waals surface area (Å²) >= 11 is 1.61. The van der Waals surface area contributed by atoms with E-state index < -0.39 is 12.0 Å². The Bertz CT molecular complexity index is 245. The number of hydrogen-bond donors (Lipinski definition) is 1. The van der Waals surface area contributed by atoms with E-state index in [1.807, 2.05) is 6.26 Å². The van der Waals surface area contributed by atoms with Crippen LogP contribution in [0.25, 0.3) is 0 Å². The summed E-state index contributed by atoms with van der Waals surface area (Å²) in [5, 5.41) is 8.98. The van der Waals surface area contributed by atoms with E-state index >= 15 is 0 Å². The van der Waals surface area contributed by atoms with Crippen LogP contribution in [0.2, 0.25) is 0 Å². The van der Waals surface area contributed by atoms with Gasteiger partial charge in [-0.25, -0.2) is 4.79 Å². The third kappa shape index (κ3) is 3.41. The molecule has 0 aromatic rings. The van der Waals surface area contributed by atoms with Crippen LogP contribution in [0.15, 0.2) is 0 Å². The molecule has 0 radical (unpaired) electrons. The summed E-state index contributed by atoms with van der Waals surface area (Å²) in [6.45, 7) is 0.601. The van der Waals surface area contributed by atoms with E-state index in [4.69, 9.17) is 5.11 Å². The van der Waals surface area contributed by atoms with Crippen LogP contribution in [0.4, 0.5) is 0 Å². The normalized spacial score (nSPS) is 21.4. The van der Waals surface area contributed by atoms with Crippen LogP contribution < -0.4 is 0 Å². The largest absolute Gasteiger partial charge is 0.480 e. The van der Waals surface area contributed by atoms with Gasteiger partial charge in [0.25, 0.3) is 0 Å². The molecule has 1 rings (SSSR count). The summed E-state index contributed by atoms with van der Waals surface area (Å²) in [5.41, 5.74) is 0. The van der Waals surface area contributed by atoms with Gasteiger partial charge in [0.1, 0.15) is 6.04 Å². The lowest BCUT2D eigenvalue weighted by molar-refractivity contribution is -0.151. The summed E-state index contributed by atoms with van der Waals surface area (Å²) in [5.74, 6) is -0.120. The molecule has 1 unspecified atom stereocenters. The SMILES string of the molecule is CSCCC(=O)N1CCCCC1C(=O)O. The molecule has 86 valence electrons. The van der Waals surface area contributed by atoms with Crippen molar-refractivity contribution >= 4 is 23.6 Å². The Hall–Kier alpha value is -0.710. The Kier molecular flexibility index (Phi) is 4.94. The van der Waals surface area contributed by atoms with E-state index in [0.717, 1.165) is 18.6 Å². The van der Waals surface area contributed by atoms with Crippen LogP contribution in [0, 0.1) is 0 Å². The Morgan fingerprint density at radius 2 is 2.20 bits per heavy atom. The molecule has 4 nitrogen and oxygen atoms in total. The predicted molar refractivity (Wildman–Crippen MR) is 60.0 cm³/mol. The van der Waals surface area contributed by atoms with E-state index in [2.05, 4.69) is 0 Å². The fourth-order valence-electron chi connectivity index (χ4n) is 1.82. The van der Waals surface area contributed by atoms with E-state index in [1.165, 1.54) is 4.90 Å². The molecule has 0 aromatic carbocycles. The minimum Gasteiger partial charge on any atom is -0.480 e. The smallest absolute Gasteiger partial charge is 0.326 e. The van der Waals surface area contributed by atoms with Crippen molar-refractivity contribution in [2.24, 2.45) is 0 Å². The lowest BCUT2D eigenvalue weighted by Crippen LogP contribution is -2.48. The minimum atomic E-state index is -0.868. The minimum absolute atomic E-state index is 0.0172. The van der Waals surface area contributed by atoms with Gasteiger partial charge in [-0.2, -0.15) is 11.8 Å². The van der Waals surface area contributed by atoms with Crippen LogP contribution in [-0.4, -0.2) is 46.5 Å². The standard InChI is InChI=1S/C10H17NO3S/c1-15-7-5-9(12)11-6-3-2-4-8(11)10(13)14/h8H,2-7H2,1H3,(H,13,14). The van der Waals surface area contributed by atoms with Crippen molar-refractivity contribution in [3.8, 4) is 0 Å². The molecule has 0 spiro atoms. The molecule has 1 aliphatic heterocycles. The highest BCUT2D eigenvalue weighted by Crippen LogP contribution is 2.18. The maximum absolute atomic E-state index is 11.7.